The highest BCUT2D eigenvalue weighted by Crippen LogP contribution is 2.28. The first-order valence-corrected chi connectivity index (χ1v) is 6.02. The van der Waals surface area contributed by atoms with E-state index in [2.05, 4.69) is 34.7 Å². The molecule has 0 saturated heterocycles. The Bertz CT molecular complexity index is 378. The summed E-state index contributed by atoms with van der Waals surface area (Å²) in [7, 11) is 1.91. The molecule has 0 aliphatic rings. The number of rotatable bonds is 5. The summed E-state index contributed by atoms with van der Waals surface area (Å²) < 4.78 is 14.1. The predicted molar refractivity (Wildman–Crippen MR) is 70.0 cm³/mol. The van der Waals surface area contributed by atoms with Gasteiger partial charge in [0, 0.05) is 16.4 Å². The van der Waals surface area contributed by atoms with Gasteiger partial charge in [0.15, 0.2) is 0 Å². The minimum atomic E-state index is -0.200. The van der Waals surface area contributed by atoms with Crippen molar-refractivity contribution in [1.82, 2.24) is 5.32 Å². The number of nitrogens with one attached hydrogen (secondary N) is 1. The second-order valence-electron chi connectivity index (χ2n) is 4.30. The maximum Gasteiger partial charge on any atom is 0.123 e. The van der Waals surface area contributed by atoms with Crippen molar-refractivity contribution in [3.8, 4) is 0 Å². The normalized spacial score (nSPS) is 14.5. The van der Waals surface area contributed by atoms with Crippen LogP contribution < -0.4 is 5.32 Å². The fourth-order valence-corrected chi connectivity index (χ4v) is 2.11. The second-order valence-corrected chi connectivity index (χ2v) is 5.16. The van der Waals surface area contributed by atoms with E-state index in [-0.39, 0.29) is 11.2 Å². The molecule has 1 rings (SSSR count). The summed E-state index contributed by atoms with van der Waals surface area (Å²) in [6.07, 6.45) is 2.68. The molecule has 88 valence electrons. The fraction of sp³-hybridized carbons (Fsp3) is 0.385. The Labute approximate surface area is 105 Å². The highest BCUT2D eigenvalue weighted by Gasteiger charge is 2.21. The first-order chi connectivity index (χ1) is 7.50. The molecule has 0 aliphatic heterocycles. The average Bonchev–Trinajstić information content (AvgIpc) is 2.24. The molecule has 0 saturated carbocycles. The third-order valence-electron chi connectivity index (χ3n) is 2.68. The van der Waals surface area contributed by atoms with E-state index >= 15 is 0 Å². The van der Waals surface area contributed by atoms with E-state index < -0.39 is 0 Å². The summed E-state index contributed by atoms with van der Waals surface area (Å²) in [5.74, 6) is -0.200. The van der Waals surface area contributed by atoms with Crippen LogP contribution in [-0.4, -0.2) is 13.6 Å². The lowest BCUT2D eigenvalue weighted by molar-refractivity contribution is 0.405. The summed E-state index contributed by atoms with van der Waals surface area (Å²) in [6, 6.07) is 4.77. The van der Waals surface area contributed by atoms with Crippen molar-refractivity contribution < 1.29 is 4.39 Å². The van der Waals surface area contributed by atoms with Crippen LogP contribution in [0, 0.1) is 11.2 Å². The summed E-state index contributed by atoms with van der Waals surface area (Å²) in [5, 5.41) is 3.13. The number of hydrogen-bond donors (Lipinski definition) is 1. The third kappa shape index (κ3) is 3.42. The monoisotopic (exact) mass is 285 g/mol. The van der Waals surface area contributed by atoms with Crippen LogP contribution in [0.1, 0.15) is 12.5 Å². The predicted octanol–water partition coefficient (Wildman–Crippen LogP) is 3.54. The Morgan fingerprint density at radius 1 is 1.56 bits per heavy atom. The standard InChI is InChI=1S/C13H17BrFN/c1-4-13(2,9-16-3)8-10-7-11(15)5-6-12(10)14/h4-7,16H,1,8-9H2,2-3H3. The van der Waals surface area contributed by atoms with Gasteiger partial charge in [0.05, 0.1) is 0 Å². The topological polar surface area (TPSA) is 12.0 Å². The van der Waals surface area contributed by atoms with Gasteiger partial charge in [-0.25, -0.2) is 4.39 Å². The minimum Gasteiger partial charge on any atom is -0.319 e. The molecule has 0 aliphatic carbocycles. The first kappa shape index (κ1) is 13.4. The summed E-state index contributed by atoms with van der Waals surface area (Å²) in [5.41, 5.74) is 0.906. The van der Waals surface area contributed by atoms with Crippen molar-refractivity contribution >= 4 is 15.9 Å². The van der Waals surface area contributed by atoms with Crippen molar-refractivity contribution in [2.45, 2.75) is 13.3 Å². The van der Waals surface area contributed by atoms with E-state index in [1.165, 1.54) is 6.07 Å². The molecule has 1 N–H and O–H groups in total. The lowest BCUT2D eigenvalue weighted by Gasteiger charge is -2.26. The molecule has 0 aromatic heterocycles. The van der Waals surface area contributed by atoms with Crippen molar-refractivity contribution in [1.29, 1.82) is 0 Å². The number of benzene rings is 1. The number of hydrogen-bond acceptors (Lipinski definition) is 1. The molecule has 0 amide bonds. The van der Waals surface area contributed by atoms with Gasteiger partial charge in [0.1, 0.15) is 5.82 Å². The summed E-state index contributed by atoms with van der Waals surface area (Å²) in [6.45, 7) is 6.77. The third-order valence-corrected chi connectivity index (χ3v) is 3.45. The molecule has 3 heteroatoms. The summed E-state index contributed by atoms with van der Waals surface area (Å²) in [4.78, 5) is 0. The van der Waals surface area contributed by atoms with Crippen LogP contribution in [0.2, 0.25) is 0 Å². The lowest BCUT2D eigenvalue weighted by atomic mass is 9.83. The highest BCUT2D eigenvalue weighted by atomic mass is 79.9. The van der Waals surface area contributed by atoms with Crippen molar-refractivity contribution in [2.75, 3.05) is 13.6 Å². The largest absolute Gasteiger partial charge is 0.319 e. The fourth-order valence-electron chi connectivity index (χ4n) is 1.72. The molecule has 16 heavy (non-hydrogen) atoms. The van der Waals surface area contributed by atoms with Gasteiger partial charge in [0.25, 0.3) is 0 Å². The maximum absolute atomic E-state index is 13.1. The van der Waals surface area contributed by atoms with Gasteiger partial charge < -0.3 is 5.32 Å². The van der Waals surface area contributed by atoms with Gasteiger partial charge in [-0.05, 0) is 37.2 Å². The molecule has 0 bridgehead atoms. The smallest absolute Gasteiger partial charge is 0.123 e. The minimum absolute atomic E-state index is 0.0644. The van der Waals surface area contributed by atoms with Gasteiger partial charge in [-0.15, -0.1) is 6.58 Å². The molecule has 0 spiro atoms. The van der Waals surface area contributed by atoms with Crippen molar-refractivity contribution in [3.63, 3.8) is 0 Å². The molecule has 1 aromatic rings. The Kier molecular flexibility index (Phi) is 4.69. The lowest BCUT2D eigenvalue weighted by Crippen LogP contribution is -2.29. The van der Waals surface area contributed by atoms with Crippen molar-refractivity contribution in [2.24, 2.45) is 5.41 Å². The Balaban J connectivity index is 2.93. The Morgan fingerprint density at radius 3 is 2.81 bits per heavy atom. The van der Waals surface area contributed by atoms with Crippen LogP contribution in [0.3, 0.4) is 0 Å². The number of halogens is 2. The van der Waals surface area contributed by atoms with Gasteiger partial charge in [0.2, 0.25) is 0 Å². The van der Waals surface area contributed by atoms with Gasteiger partial charge in [-0.1, -0.05) is 28.9 Å². The molecule has 1 atom stereocenters. The highest BCUT2D eigenvalue weighted by molar-refractivity contribution is 9.10. The zero-order valence-electron chi connectivity index (χ0n) is 9.69. The van der Waals surface area contributed by atoms with E-state index in [0.29, 0.717) is 0 Å². The zero-order chi connectivity index (χ0) is 12.2. The van der Waals surface area contributed by atoms with Crippen LogP contribution in [-0.2, 0) is 6.42 Å². The van der Waals surface area contributed by atoms with Crippen LogP contribution in [0.25, 0.3) is 0 Å². The average molecular weight is 286 g/mol. The van der Waals surface area contributed by atoms with Crippen LogP contribution in [0.4, 0.5) is 4.39 Å². The maximum atomic E-state index is 13.1. The molecular formula is C13H17BrFN. The SMILES string of the molecule is C=CC(C)(CNC)Cc1cc(F)ccc1Br. The van der Waals surface area contributed by atoms with E-state index in [4.69, 9.17) is 0 Å². The molecule has 0 heterocycles. The van der Waals surface area contributed by atoms with Gasteiger partial charge >= 0.3 is 0 Å². The molecule has 1 aromatic carbocycles. The molecular weight excluding hydrogens is 269 g/mol. The molecule has 0 radical (unpaired) electrons. The van der Waals surface area contributed by atoms with Gasteiger partial charge in [-0.2, -0.15) is 0 Å². The quantitative estimate of drug-likeness (QED) is 0.816. The second kappa shape index (κ2) is 5.60. The Hall–Kier alpha value is -0.670. The molecule has 0 fully saturated rings. The zero-order valence-corrected chi connectivity index (χ0v) is 11.3. The first-order valence-electron chi connectivity index (χ1n) is 5.23. The molecule has 1 nitrogen and oxygen atoms in total. The van der Waals surface area contributed by atoms with Crippen molar-refractivity contribution in [3.05, 3.63) is 46.7 Å². The van der Waals surface area contributed by atoms with Gasteiger partial charge in [-0.3, -0.25) is 0 Å². The van der Waals surface area contributed by atoms with E-state index in [9.17, 15) is 4.39 Å². The van der Waals surface area contributed by atoms with E-state index in [1.54, 1.807) is 12.1 Å². The van der Waals surface area contributed by atoms with Crippen LogP contribution >= 0.6 is 15.9 Å². The van der Waals surface area contributed by atoms with E-state index in [1.807, 2.05) is 13.1 Å². The summed E-state index contributed by atoms with van der Waals surface area (Å²) >= 11 is 3.44. The molecule has 1 unspecified atom stereocenters. The van der Waals surface area contributed by atoms with E-state index in [0.717, 1.165) is 23.0 Å². The van der Waals surface area contributed by atoms with Crippen LogP contribution in [0.5, 0.6) is 0 Å². The van der Waals surface area contributed by atoms with Crippen LogP contribution in [0.15, 0.2) is 35.3 Å². The Morgan fingerprint density at radius 2 is 2.25 bits per heavy atom.